The van der Waals surface area contributed by atoms with E-state index in [9.17, 15) is 14.4 Å². The van der Waals surface area contributed by atoms with Crippen molar-refractivity contribution in [1.29, 1.82) is 0 Å². The number of rotatable bonds is 6. The van der Waals surface area contributed by atoms with Gasteiger partial charge in [-0.3, -0.25) is 14.4 Å². The fraction of sp³-hybridized carbons (Fsp3) is 0.786. The van der Waals surface area contributed by atoms with Gasteiger partial charge in [-0.15, -0.1) is 0 Å². The van der Waals surface area contributed by atoms with E-state index in [1.807, 2.05) is 13.8 Å². The Morgan fingerprint density at radius 3 is 2.00 bits per heavy atom. The van der Waals surface area contributed by atoms with Crippen molar-refractivity contribution in [3.63, 3.8) is 0 Å². The summed E-state index contributed by atoms with van der Waals surface area (Å²) in [6, 6.07) is -0.736. The van der Waals surface area contributed by atoms with Crippen molar-refractivity contribution in [3.8, 4) is 0 Å². The number of carbonyl (C=O) groups excluding carboxylic acids is 2. The number of nitrogens with one attached hydrogen (secondary N) is 1. The lowest BCUT2D eigenvalue weighted by Crippen LogP contribution is -2.51. The minimum atomic E-state index is -1.06. The SMILES string of the molecule is CC(C)CN(CC(=O)O)C(=O)C(C)NC(=O)C(C)(C)C. The molecule has 2 N–H and O–H groups in total. The molecule has 116 valence electrons. The van der Waals surface area contributed by atoms with Gasteiger partial charge in [0.2, 0.25) is 11.8 Å². The van der Waals surface area contributed by atoms with Crippen molar-refractivity contribution in [3.05, 3.63) is 0 Å². The molecule has 0 aromatic carbocycles. The third kappa shape index (κ3) is 6.54. The fourth-order valence-electron chi connectivity index (χ4n) is 1.59. The first-order valence-corrected chi connectivity index (χ1v) is 6.76. The van der Waals surface area contributed by atoms with Crippen LogP contribution in [0.1, 0.15) is 41.5 Å². The molecule has 0 rings (SSSR count). The van der Waals surface area contributed by atoms with Crippen LogP contribution in [0.25, 0.3) is 0 Å². The zero-order valence-corrected chi connectivity index (χ0v) is 13.2. The summed E-state index contributed by atoms with van der Waals surface area (Å²) < 4.78 is 0. The molecule has 0 radical (unpaired) electrons. The molecule has 1 unspecified atom stereocenters. The largest absolute Gasteiger partial charge is 0.480 e. The number of hydrogen-bond acceptors (Lipinski definition) is 3. The normalized spacial score (nSPS) is 12.9. The Bertz CT molecular complexity index is 372. The summed E-state index contributed by atoms with van der Waals surface area (Å²) in [5.41, 5.74) is -0.593. The third-order valence-corrected chi connectivity index (χ3v) is 2.62. The molecule has 0 saturated carbocycles. The summed E-state index contributed by atoms with van der Waals surface area (Å²) in [7, 11) is 0. The highest BCUT2D eigenvalue weighted by molar-refractivity contribution is 5.90. The van der Waals surface area contributed by atoms with Crippen LogP contribution in [-0.4, -0.2) is 46.9 Å². The van der Waals surface area contributed by atoms with Crippen molar-refractivity contribution in [2.24, 2.45) is 11.3 Å². The minimum absolute atomic E-state index is 0.156. The van der Waals surface area contributed by atoms with Gasteiger partial charge in [0, 0.05) is 12.0 Å². The Labute approximate surface area is 120 Å². The Hall–Kier alpha value is -1.59. The average Bonchev–Trinajstić information content (AvgIpc) is 2.24. The van der Waals surface area contributed by atoms with E-state index in [-0.39, 0.29) is 24.3 Å². The van der Waals surface area contributed by atoms with E-state index in [4.69, 9.17) is 5.11 Å². The van der Waals surface area contributed by atoms with Crippen molar-refractivity contribution < 1.29 is 19.5 Å². The lowest BCUT2D eigenvalue weighted by atomic mass is 9.95. The zero-order valence-electron chi connectivity index (χ0n) is 13.2. The van der Waals surface area contributed by atoms with Gasteiger partial charge in [0.15, 0.2) is 0 Å². The van der Waals surface area contributed by atoms with E-state index in [2.05, 4.69) is 5.32 Å². The molecule has 0 aliphatic rings. The lowest BCUT2D eigenvalue weighted by molar-refractivity contribution is -0.146. The van der Waals surface area contributed by atoms with E-state index < -0.39 is 17.4 Å². The number of carbonyl (C=O) groups is 3. The van der Waals surface area contributed by atoms with E-state index in [1.165, 1.54) is 4.90 Å². The Morgan fingerprint density at radius 2 is 1.65 bits per heavy atom. The molecule has 0 bridgehead atoms. The van der Waals surface area contributed by atoms with Crippen LogP contribution in [0.5, 0.6) is 0 Å². The van der Waals surface area contributed by atoms with Gasteiger partial charge in [-0.1, -0.05) is 34.6 Å². The molecule has 0 aliphatic carbocycles. The molecule has 2 amide bonds. The van der Waals surface area contributed by atoms with Crippen molar-refractivity contribution in [2.45, 2.75) is 47.6 Å². The molecule has 1 atom stereocenters. The second kappa shape index (κ2) is 7.26. The Morgan fingerprint density at radius 1 is 1.15 bits per heavy atom. The Kier molecular flexibility index (Phi) is 6.68. The van der Waals surface area contributed by atoms with Gasteiger partial charge in [-0.2, -0.15) is 0 Å². The molecule has 0 aromatic rings. The number of carboxylic acids is 1. The molecular weight excluding hydrogens is 260 g/mol. The summed E-state index contributed by atoms with van der Waals surface area (Å²) >= 11 is 0. The third-order valence-electron chi connectivity index (χ3n) is 2.62. The lowest BCUT2D eigenvalue weighted by Gasteiger charge is -2.28. The molecule has 0 saturated heterocycles. The highest BCUT2D eigenvalue weighted by Crippen LogP contribution is 2.13. The monoisotopic (exact) mass is 286 g/mol. The molecule has 0 fully saturated rings. The number of amides is 2. The summed E-state index contributed by atoms with van der Waals surface area (Å²) in [5.74, 6) is -1.52. The Balaban J connectivity index is 4.79. The van der Waals surface area contributed by atoms with Crippen LogP contribution in [0.2, 0.25) is 0 Å². The summed E-state index contributed by atoms with van der Waals surface area (Å²) in [6.45, 7) is 10.6. The number of aliphatic carboxylic acids is 1. The molecule has 20 heavy (non-hydrogen) atoms. The van der Waals surface area contributed by atoms with E-state index >= 15 is 0 Å². The minimum Gasteiger partial charge on any atom is -0.480 e. The van der Waals surface area contributed by atoms with Gasteiger partial charge in [-0.05, 0) is 12.8 Å². The first kappa shape index (κ1) is 18.4. The second-order valence-corrected chi connectivity index (χ2v) is 6.45. The average molecular weight is 286 g/mol. The van der Waals surface area contributed by atoms with E-state index in [0.717, 1.165) is 0 Å². The molecule has 6 heteroatoms. The smallest absolute Gasteiger partial charge is 0.323 e. The number of nitrogens with zero attached hydrogens (tertiary/aromatic N) is 1. The predicted octanol–water partition coefficient (Wildman–Crippen LogP) is 1.11. The second-order valence-electron chi connectivity index (χ2n) is 6.45. The van der Waals surface area contributed by atoms with Crippen LogP contribution in [0.3, 0.4) is 0 Å². The maximum atomic E-state index is 12.2. The highest BCUT2D eigenvalue weighted by atomic mass is 16.4. The quantitative estimate of drug-likeness (QED) is 0.765. The summed E-state index contributed by atoms with van der Waals surface area (Å²) in [5, 5.41) is 11.5. The number of carboxylic acid groups (broad SMARTS) is 1. The van der Waals surface area contributed by atoms with Crippen molar-refractivity contribution in [1.82, 2.24) is 10.2 Å². The van der Waals surface area contributed by atoms with Crippen LogP contribution >= 0.6 is 0 Å². The van der Waals surface area contributed by atoms with Gasteiger partial charge in [0.1, 0.15) is 12.6 Å². The molecule has 0 aromatic heterocycles. The van der Waals surface area contributed by atoms with Gasteiger partial charge < -0.3 is 15.3 Å². The molecule has 0 aliphatic heterocycles. The summed E-state index contributed by atoms with van der Waals surface area (Å²) in [4.78, 5) is 36.2. The molecule has 0 heterocycles. The maximum Gasteiger partial charge on any atom is 0.323 e. The first-order valence-electron chi connectivity index (χ1n) is 6.76. The topological polar surface area (TPSA) is 86.7 Å². The van der Waals surface area contributed by atoms with Crippen LogP contribution in [0, 0.1) is 11.3 Å². The van der Waals surface area contributed by atoms with Crippen molar-refractivity contribution >= 4 is 17.8 Å². The predicted molar refractivity (Wildman–Crippen MR) is 76.1 cm³/mol. The maximum absolute atomic E-state index is 12.2. The highest BCUT2D eigenvalue weighted by Gasteiger charge is 2.28. The van der Waals surface area contributed by atoms with Crippen LogP contribution in [0.4, 0.5) is 0 Å². The first-order chi connectivity index (χ1) is 8.95. The zero-order chi connectivity index (χ0) is 16.1. The van der Waals surface area contributed by atoms with Gasteiger partial charge >= 0.3 is 5.97 Å². The van der Waals surface area contributed by atoms with Gasteiger partial charge in [0.25, 0.3) is 0 Å². The molecule has 0 spiro atoms. The van der Waals surface area contributed by atoms with Crippen LogP contribution in [0.15, 0.2) is 0 Å². The summed E-state index contributed by atoms with van der Waals surface area (Å²) in [6.07, 6.45) is 0. The fourth-order valence-corrected chi connectivity index (χ4v) is 1.59. The van der Waals surface area contributed by atoms with Crippen LogP contribution < -0.4 is 5.32 Å². The molecule has 6 nitrogen and oxygen atoms in total. The standard InChI is InChI=1S/C14H26N2O4/c1-9(2)7-16(8-11(17)18)12(19)10(3)15-13(20)14(4,5)6/h9-10H,7-8H2,1-6H3,(H,15,20)(H,17,18). The van der Waals surface area contributed by atoms with E-state index in [1.54, 1.807) is 27.7 Å². The van der Waals surface area contributed by atoms with E-state index in [0.29, 0.717) is 6.54 Å². The van der Waals surface area contributed by atoms with Gasteiger partial charge in [-0.25, -0.2) is 0 Å². The number of hydrogen-bond donors (Lipinski definition) is 2. The van der Waals surface area contributed by atoms with Crippen LogP contribution in [-0.2, 0) is 14.4 Å². The molecular formula is C14H26N2O4. The van der Waals surface area contributed by atoms with Crippen molar-refractivity contribution in [2.75, 3.05) is 13.1 Å². The van der Waals surface area contributed by atoms with Gasteiger partial charge in [0.05, 0.1) is 0 Å².